The van der Waals surface area contributed by atoms with E-state index in [9.17, 15) is 4.79 Å². The van der Waals surface area contributed by atoms with Crippen LogP contribution in [0, 0.1) is 5.92 Å². The molecule has 1 saturated heterocycles. The predicted molar refractivity (Wildman–Crippen MR) is 53.8 cm³/mol. The molecule has 14 heavy (non-hydrogen) atoms. The van der Waals surface area contributed by atoms with Crippen LogP contribution < -0.4 is 0 Å². The molecule has 2 heteroatoms. The molecule has 0 N–H and O–H groups in total. The lowest BCUT2D eigenvalue weighted by Gasteiger charge is -2.04. The Kier molecular flexibility index (Phi) is 2.53. The van der Waals surface area contributed by atoms with Crippen molar-refractivity contribution >= 4 is 5.97 Å². The molecule has 2 rings (SSSR count). The fourth-order valence-electron chi connectivity index (χ4n) is 1.90. The van der Waals surface area contributed by atoms with Gasteiger partial charge in [0.1, 0.15) is 0 Å². The molecule has 0 saturated carbocycles. The summed E-state index contributed by atoms with van der Waals surface area (Å²) in [5, 5.41) is 0. The largest absolute Gasteiger partial charge is 0.462 e. The summed E-state index contributed by atoms with van der Waals surface area (Å²) in [5.74, 6) is 0.0220. The highest BCUT2D eigenvalue weighted by atomic mass is 16.5. The molecular weight excluding hydrogens is 176 g/mol. The van der Waals surface area contributed by atoms with Gasteiger partial charge in [-0.1, -0.05) is 30.3 Å². The van der Waals surface area contributed by atoms with E-state index in [0.29, 0.717) is 0 Å². The van der Waals surface area contributed by atoms with Crippen LogP contribution >= 0.6 is 0 Å². The van der Waals surface area contributed by atoms with Crippen LogP contribution in [-0.2, 0) is 16.0 Å². The fourth-order valence-corrected chi connectivity index (χ4v) is 1.90. The molecule has 74 valence electrons. The van der Waals surface area contributed by atoms with Crippen LogP contribution in [0.15, 0.2) is 30.3 Å². The van der Waals surface area contributed by atoms with Crippen LogP contribution in [0.1, 0.15) is 18.9 Å². The van der Waals surface area contributed by atoms with Crippen molar-refractivity contribution in [2.45, 2.75) is 25.9 Å². The van der Waals surface area contributed by atoms with Crippen LogP contribution in [-0.4, -0.2) is 12.1 Å². The van der Waals surface area contributed by atoms with Crippen LogP contribution in [0.5, 0.6) is 0 Å². The minimum absolute atomic E-state index is 0.0404. The predicted octanol–water partition coefficient (Wildman–Crippen LogP) is 2.18. The summed E-state index contributed by atoms with van der Waals surface area (Å²) >= 11 is 0. The number of carbonyl (C=O) groups excluding carboxylic acids is 1. The van der Waals surface area contributed by atoms with Gasteiger partial charge in [0.05, 0.1) is 12.0 Å². The molecule has 1 fully saturated rings. The number of ether oxygens (including phenoxy) is 1. The van der Waals surface area contributed by atoms with Crippen LogP contribution in [0.4, 0.5) is 0 Å². The van der Waals surface area contributed by atoms with Crippen molar-refractivity contribution in [2.75, 3.05) is 0 Å². The molecule has 1 aliphatic rings. The third kappa shape index (κ3) is 1.95. The zero-order valence-electron chi connectivity index (χ0n) is 8.27. The number of rotatable bonds is 2. The summed E-state index contributed by atoms with van der Waals surface area (Å²) in [7, 11) is 0. The van der Waals surface area contributed by atoms with E-state index < -0.39 is 0 Å². The number of carbonyl (C=O) groups is 1. The van der Waals surface area contributed by atoms with Gasteiger partial charge in [-0.2, -0.15) is 0 Å². The fraction of sp³-hybridized carbons (Fsp3) is 0.417. The molecule has 0 aliphatic carbocycles. The van der Waals surface area contributed by atoms with Gasteiger partial charge >= 0.3 is 5.97 Å². The lowest BCUT2D eigenvalue weighted by Crippen LogP contribution is -2.10. The highest BCUT2D eigenvalue weighted by Gasteiger charge is 2.31. The maximum Gasteiger partial charge on any atom is 0.309 e. The van der Waals surface area contributed by atoms with Crippen molar-refractivity contribution < 1.29 is 9.53 Å². The molecule has 0 bridgehead atoms. The Morgan fingerprint density at radius 3 is 2.64 bits per heavy atom. The summed E-state index contributed by atoms with van der Waals surface area (Å²) in [5.41, 5.74) is 1.21. The first-order valence-corrected chi connectivity index (χ1v) is 5.00. The van der Waals surface area contributed by atoms with Crippen molar-refractivity contribution in [1.29, 1.82) is 0 Å². The maximum absolute atomic E-state index is 11.4. The quantitative estimate of drug-likeness (QED) is 0.668. The summed E-state index contributed by atoms with van der Waals surface area (Å²) < 4.78 is 5.11. The molecular formula is C12H14O2. The number of hydrogen-bond acceptors (Lipinski definition) is 2. The second-order valence-corrected chi connectivity index (χ2v) is 3.87. The van der Waals surface area contributed by atoms with Crippen LogP contribution in [0.25, 0.3) is 0 Å². The van der Waals surface area contributed by atoms with E-state index in [1.165, 1.54) is 5.56 Å². The van der Waals surface area contributed by atoms with Gasteiger partial charge in [-0.05, 0) is 25.3 Å². The Bertz CT molecular complexity index is 318. The van der Waals surface area contributed by atoms with Gasteiger partial charge in [0, 0.05) is 0 Å². The van der Waals surface area contributed by atoms with Crippen LogP contribution in [0.2, 0.25) is 0 Å². The monoisotopic (exact) mass is 190 g/mol. The van der Waals surface area contributed by atoms with Crippen LogP contribution in [0.3, 0.4) is 0 Å². The van der Waals surface area contributed by atoms with Gasteiger partial charge in [-0.3, -0.25) is 4.79 Å². The molecule has 1 heterocycles. The minimum atomic E-state index is -0.0404. The van der Waals surface area contributed by atoms with E-state index in [1.807, 2.05) is 25.1 Å². The van der Waals surface area contributed by atoms with E-state index >= 15 is 0 Å². The Morgan fingerprint density at radius 1 is 1.36 bits per heavy atom. The first-order valence-electron chi connectivity index (χ1n) is 5.00. The normalized spacial score (nSPS) is 26.2. The first kappa shape index (κ1) is 9.25. The number of esters is 1. The van der Waals surface area contributed by atoms with E-state index in [0.717, 1.165) is 12.8 Å². The number of benzene rings is 1. The number of cyclic esters (lactones) is 1. The Balaban J connectivity index is 2.02. The third-order valence-corrected chi connectivity index (χ3v) is 2.59. The van der Waals surface area contributed by atoms with Gasteiger partial charge in [0.25, 0.3) is 0 Å². The summed E-state index contributed by atoms with van der Waals surface area (Å²) in [6.45, 7) is 1.95. The Labute approximate surface area is 83.9 Å². The van der Waals surface area contributed by atoms with E-state index in [-0.39, 0.29) is 18.0 Å². The highest BCUT2D eigenvalue weighted by Crippen LogP contribution is 2.24. The van der Waals surface area contributed by atoms with E-state index in [1.54, 1.807) is 0 Å². The number of hydrogen-bond donors (Lipinski definition) is 0. The first-order chi connectivity index (χ1) is 6.75. The molecule has 1 aliphatic heterocycles. The Hall–Kier alpha value is -1.31. The van der Waals surface area contributed by atoms with E-state index in [4.69, 9.17) is 4.74 Å². The molecule has 0 spiro atoms. The lowest BCUT2D eigenvalue weighted by molar-refractivity contribution is -0.143. The molecule has 1 aromatic rings. The second-order valence-electron chi connectivity index (χ2n) is 3.87. The van der Waals surface area contributed by atoms with Gasteiger partial charge in [-0.25, -0.2) is 0 Å². The Morgan fingerprint density at radius 2 is 2.07 bits per heavy atom. The topological polar surface area (TPSA) is 26.3 Å². The minimum Gasteiger partial charge on any atom is -0.462 e. The van der Waals surface area contributed by atoms with Crippen molar-refractivity contribution in [1.82, 2.24) is 0 Å². The van der Waals surface area contributed by atoms with Gasteiger partial charge < -0.3 is 4.74 Å². The maximum atomic E-state index is 11.4. The average molecular weight is 190 g/mol. The van der Waals surface area contributed by atoms with Crippen molar-refractivity contribution in [3.8, 4) is 0 Å². The van der Waals surface area contributed by atoms with Crippen molar-refractivity contribution in [2.24, 2.45) is 5.92 Å². The molecule has 2 nitrogen and oxygen atoms in total. The standard InChI is InChI=1S/C12H14O2/c1-9-7-11(12(13)14-9)8-10-5-3-2-4-6-10/h2-6,9,11H,7-8H2,1H3/t9-,11-/m1/s1. The SMILES string of the molecule is C[C@@H]1C[C@H](Cc2ccccc2)C(=O)O1. The van der Waals surface area contributed by atoms with E-state index in [2.05, 4.69) is 12.1 Å². The smallest absolute Gasteiger partial charge is 0.309 e. The summed E-state index contributed by atoms with van der Waals surface area (Å²) in [6.07, 6.45) is 1.76. The zero-order chi connectivity index (χ0) is 9.97. The van der Waals surface area contributed by atoms with Gasteiger partial charge in [0.2, 0.25) is 0 Å². The lowest BCUT2D eigenvalue weighted by atomic mass is 9.97. The molecule has 0 amide bonds. The summed E-state index contributed by atoms with van der Waals surface area (Å²) in [6, 6.07) is 10.1. The summed E-state index contributed by atoms with van der Waals surface area (Å²) in [4.78, 5) is 11.4. The molecule has 0 radical (unpaired) electrons. The van der Waals surface area contributed by atoms with Gasteiger partial charge in [-0.15, -0.1) is 0 Å². The van der Waals surface area contributed by atoms with Gasteiger partial charge in [0.15, 0.2) is 0 Å². The zero-order valence-corrected chi connectivity index (χ0v) is 8.27. The molecule has 0 unspecified atom stereocenters. The second kappa shape index (κ2) is 3.82. The van der Waals surface area contributed by atoms with Crippen molar-refractivity contribution in [3.05, 3.63) is 35.9 Å². The molecule has 2 atom stereocenters. The van der Waals surface area contributed by atoms with Crippen molar-refractivity contribution in [3.63, 3.8) is 0 Å². The molecule has 1 aromatic carbocycles. The average Bonchev–Trinajstić information content (AvgIpc) is 2.47. The third-order valence-electron chi connectivity index (χ3n) is 2.59. The highest BCUT2D eigenvalue weighted by molar-refractivity contribution is 5.74. The molecule has 0 aromatic heterocycles.